The van der Waals surface area contributed by atoms with Gasteiger partial charge in [-0.2, -0.15) is 0 Å². The highest BCUT2D eigenvalue weighted by Gasteiger charge is 2.09. The number of benzene rings is 1. The molecule has 17 heavy (non-hydrogen) atoms. The predicted octanol–water partition coefficient (Wildman–Crippen LogP) is 4.73. The van der Waals surface area contributed by atoms with E-state index in [2.05, 4.69) is 47.2 Å². The van der Waals surface area contributed by atoms with Gasteiger partial charge in [-0.15, -0.1) is 22.7 Å². The summed E-state index contributed by atoms with van der Waals surface area (Å²) >= 11 is 3.50. The minimum Gasteiger partial charge on any atom is -0.399 e. The quantitative estimate of drug-likeness (QED) is 0.660. The van der Waals surface area contributed by atoms with E-state index in [0.29, 0.717) is 0 Å². The van der Waals surface area contributed by atoms with Crippen LogP contribution in [0.2, 0.25) is 0 Å². The van der Waals surface area contributed by atoms with Gasteiger partial charge in [-0.1, -0.05) is 18.2 Å². The van der Waals surface area contributed by atoms with E-state index >= 15 is 0 Å². The fourth-order valence-electron chi connectivity index (χ4n) is 1.84. The largest absolute Gasteiger partial charge is 0.399 e. The zero-order valence-corrected chi connectivity index (χ0v) is 10.7. The molecule has 0 spiro atoms. The molecule has 0 saturated carbocycles. The number of rotatable bonds is 2. The number of anilines is 1. The molecule has 1 nitrogen and oxygen atoms in total. The fraction of sp³-hybridized carbons (Fsp3) is 0. The predicted molar refractivity (Wildman–Crippen MR) is 77.5 cm³/mol. The van der Waals surface area contributed by atoms with Crippen molar-refractivity contribution >= 4 is 28.4 Å². The Balaban J connectivity index is 2.22. The Morgan fingerprint density at radius 3 is 2.00 bits per heavy atom. The number of hydrogen-bond donors (Lipinski definition) is 1. The third-order valence-electron chi connectivity index (χ3n) is 2.62. The molecule has 84 valence electrons. The van der Waals surface area contributed by atoms with Crippen molar-refractivity contribution in [3.05, 3.63) is 53.2 Å². The molecular weight excluding hydrogens is 246 g/mol. The maximum Gasteiger partial charge on any atom is 0.0349 e. The van der Waals surface area contributed by atoms with Crippen LogP contribution in [0.3, 0.4) is 0 Å². The highest BCUT2D eigenvalue weighted by molar-refractivity contribution is 7.14. The summed E-state index contributed by atoms with van der Waals surface area (Å²) in [5, 5.41) is 4.20. The molecule has 1 aromatic carbocycles. The van der Waals surface area contributed by atoms with E-state index < -0.39 is 0 Å². The molecule has 0 amide bonds. The lowest BCUT2D eigenvalue weighted by Gasteiger charge is -2.07. The maximum absolute atomic E-state index is 5.90. The van der Waals surface area contributed by atoms with Gasteiger partial charge in [-0.3, -0.25) is 0 Å². The Morgan fingerprint density at radius 1 is 0.765 bits per heavy atom. The smallest absolute Gasteiger partial charge is 0.0349 e. The summed E-state index contributed by atoms with van der Waals surface area (Å²) in [4.78, 5) is 2.55. The van der Waals surface area contributed by atoms with Crippen molar-refractivity contribution in [1.29, 1.82) is 0 Å². The van der Waals surface area contributed by atoms with Crippen LogP contribution in [0, 0.1) is 0 Å². The van der Waals surface area contributed by atoms with Gasteiger partial charge in [-0.05, 0) is 35.0 Å². The molecule has 3 aromatic rings. The molecule has 0 radical (unpaired) electrons. The lowest BCUT2D eigenvalue weighted by atomic mass is 10.0. The van der Waals surface area contributed by atoms with Gasteiger partial charge in [0.25, 0.3) is 0 Å². The number of thiophene rings is 2. The molecule has 0 aliphatic heterocycles. The second kappa shape index (κ2) is 4.35. The van der Waals surface area contributed by atoms with Crippen molar-refractivity contribution in [3.8, 4) is 20.9 Å². The van der Waals surface area contributed by atoms with Crippen molar-refractivity contribution in [3.63, 3.8) is 0 Å². The van der Waals surface area contributed by atoms with E-state index in [4.69, 9.17) is 5.73 Å². The van der Waals surface area contributed by atoms with E-state index in [9.17, 15) is 0 Å². The molecular formula is C14H11NS2. The van der Waals surface area contributed by atoms with Gasteiger partial charge in [-0.25, -0.2) is 0 Å². The highest BCUT2D eigenvalue weighted by atomic mass is 32.1. The third kappa shape index (κ3) is 1.99. The van der Waals surface area contributed by atoms with Gasteiger partial charge < -0.3 is 5.73 Å². The molecule has 2 N–H and O–H groups in total. The molecule has 0 unspecified atom stereocenters. The third-order valence-corrected chi connectivity index (χ3v) is 4.42. The van der Waals surface area contributed by atoms with Crippen LogP contribution in [0.5, 0.6) is 0 Å². The zero-order valence-electron chi connectivity index (χ0n) is 9.09. The Labute approximate surface area is 108 Å². The summed E-state index contributed by atoms with van der Waals surface area (Å²) in [5.74, 6) is 0. The summed E-state index contributed by atoms with van der Waals surface area (Å²) in [7, 11) is 0. The van der Waals surface area contributed by atoms with Crippen LogP contribution in [-0.2, 0) is 0 Å². The van der Waals surface area contributed by atoms with Crippen LogP contribution in [0.15, 0.2) is 53.2 Å². The Morgan fingerprint density at radius 2 is 1.41 bits per heavy atom. The molecule has 0 aliphatic carbocycles. The minimum atomic E-state index is 0.814. The first-order valence-corrected chi connectivity index (χ1v) is 7.08. The molecule has 0 atom stereocenters. The number of nitrogen functional groups attached to an aromatic ring is 1. The molecule has 0 aliphatic rings. The maximum atomic E-state index is 5.90. The van der Waals surface area contributed by atoms with Crippen LogP contribution in [-0.4, -0.2) is 0 Å². The van der Waals surface area contributed by atoms with Crippen LogP contribution in [0.1, 0.15) is 0 Å². The van der Waals surface area contributed by atoms with Crippen molar-refractivity contribution in [2.45, 2.75) is 0 Å². The van der Waals surface area contributed by atoms with Crippen molar-refractivity contribution < 1.29 is 0 Å². The van der Waals surface area contributed by atoms with Crippen LogP contribution >= 0.6 is 22.7 Å². The lowest BCUT2D eigenvalue weighted by molar-refractivity contribution is 1.67. The minimum absolute atomic E-state index is 0.814. The molecule has 2 heterocycles. The second-order valence-electron chi connectivity index (χ2n) is 3.76. The van der Waals surface area contributed by atoms with Crippen LogP contribution < -0.4 is 5.73 Å². The highest BCUT2D eigenvalue weighted by Crippen LogP contribution is 2.37. The summed E-state index contributed by atoms with van der Waals surface area (Å²) in [6, 6.07) is 14.6. The van der Waals surface area contributed by atoms with Gasteiger partial charge in [0, 0.05) is 26.6 Å². The topological polar surface area (TPSA) is 26.0 Å². The van der Waals surface area contributed by atoms with E-state index in [-0.39, 0.29) is 0 Å². The Kier molecular flexibility index (Phi) is 2.71. The second-order valence-corrected chi connectivity index (χ2v) is 5.66. The van der Waals surface area contributed by atoms with Gasteiger partial charge in [0.15, 0.2) is 0 Å². The average molecular weight is 257 g/mol. The van der Waals surface area contributed by atoms with Crippen molar-refractivity contribution in [2.75, 3.05) is 5.73 Å². The standard InChI is InChI=1S/C14H11NS2/c15-10-5-6-11(13-3-1-7-16-13)12(9-10)14-4-2-8-17-14/h1-9H,15H2. The normalized spacial score (nSPS) is 10.6. The first kappa shape index (κ1) is 10.6. The fourth-order valence-corrected chi connectivity index (χ4v) is 3.37. The average Bonchev–Trinajstić information content (AvgIpc) is 3.02. The first-order valence-electron chi connectivity index (χ1n) is 5.32. The monoisotopic (exact) mass is 257 g/mol. The SMILES string of the molecule is Nc1ccc(-c2cccs2)c(-c2cccs2)c1. The van der Waals surface area contributed by atoms with Gasteiger partial charge in [0.05, 0.1) is 0 Å². The molecule has 0 bridgehead atoms. The van der Waals surface area contributed by atoms with Gasteiger partial charge in [0.1, 0.15) is 0 Å². The van der Waals surface area contributed by atoms with Crippen LogP contribution in [0.25, 0.3) is 20.9 Å². The van der Waals surface area contributed by atoms with Crippen molar-refractivity contribution in [2.24, 2.45) is 0 Å². The lowest BCUT2D eigenvalue weighted by Crippen LogP contribution is -1.87. The number of nitrogens with two attached hydrogens (primary N) is 1. The molecule has 0 fully saturated rings. The van der Waals surface area contributed by atoms with E-state index in [0.717, 1.165) is 5.69 Å². The van der Waals surface area contributed by atoms with E-state index in [1.807, 2.05) is 6.07 Å². The van der Waals surface area contributed by atoms with E-state index in [1.54, 1.807) is 22.7 Å². The van der Waals surface area contributed by atoms with Gasteiger partial charge in [0.2, 0.25) is 0 Å². The molecule has 3 rings (SSSR count). The Bertz CT molecular complexity index is 610. The zero-order chi connectivity index (χ0) is 11.7. The first-order chi connectivity index (χ1) is 8.34. The summed E-state index contributed by atoms with van der Waals surface area (Å²) in [6.45, 7) is 0. The van der Waals surface area contributed by atoms with Crippen molar-refractivity contribution in [1.82, 2.24) is 0 Å². The molecule has 3 heteroatoms. The molecule has 0 saturated heterocycles. The summed E-state index contributed by atoms with van der Waals surface area (Å²) in [6.07, 6.45) is 0. The molecule has 2 aromatic heterocycles. The summed E-state index contributed by atoms with van der Waals surface area (Å²) < 4.78 is 0. The summed E-state index contributed by atoms with van der Waals surface area (Å²) in [5.41, 5.74) is 9.19. The Hall–Kier alpha value is -1.58. The van der Waals surface area contributed by atoms with E-state index in [1.165, 1.54) is 20.9 Å². The van der Waals surface area contributed by atoms with Gasteiger partial charge >= 0.3 is 0 Å². The van der Waals surface area contributed by atoms with Crippen LogP contribution in [0.4, 0.5) is 5.69 Å². The number of hydrogen-bond acceptors (Lipinski definition) is 3.